The third-order valence-corrected chi connectivity index (χ3v) is 9.25. The van der Waals surface area contributed by atoms with Gasteiger partial charge in [-0.3, -0.25) is 9.36 Å². The quantitative estimate of drug-likeness (QED) is 0.234. The average molecular weight is 679 g/mol. The van der Waals surface area contributed by atoms with Crippen LogP contribution < -0.4 is 29.3 Å². The monoisotopic (exact) mass is 677 g/mol. The second-order valence-corrected chi connectivity index (χ2v) is 12.3. The van der Waals surface area contributed by atoms with Crippen molar-refractivity contribution >= 4 is 50.9 Å². The molecule has 0 N–H and O–H groups in total. The van der Waals surface area contributed by atoms with E-state index in [-0.39, 0.29) is 17.7 Å². The molecule has 2 aromatic heterocycles. The fourth-order valence-electron chi connectivity index (χ4n) is 5.67. The van der Waals surface area contributed by atoms with Gasteiger partial charge in [-0.15, -0.1) is 0 Å². The van der Waals surface area contributed by atoms with E-state index in [0.717, 1.165) is 41.9 Å². The number of methoxy groups -OCH3 is 2. The van der Waals surface area contributed by atoms with E-state index in [1.165, 1.54) is 17.8 Å². The van der Waals surface area contributed by atoms with Crippen molar-refractivity contribution in [3.05, 3.63) is 101 Å². The fraction of sp³-hybridized carbons (Fsp3) is 0.303. The Morgan fingerprint density at radius 3 is 2.52 bits per heavy atom. The largest absolute Gasteiger partial charge is 0.493 e. The molecule has 0 amide bonds. The van der Waals surface area contributed by atoms with Crippen molar-refractivity contribution in [3.63, 3.8) is 0 Å². The van der Waals surface area contributed by atoms with Gasteiger partial charge in [0.2, 0.25) is 5.88 Å². The highest BCUT2D eigenvalue weighted by Gasteiger charge is 2.35. The minimum Gasteiger partial charge on any atom is -0.493 e. The molecule has 44 heavy (non-hydrogen) atoms. The van der Waals surface area contributed by atoms with E-state index in [0.29, 0.717) is 37.9 Å². The summed E-state index contributed by atoms with van der Waals surface area (Å²) in [6.07, 6.45) is 5.18. The summed E-state index contributed by atoms with van der Waals surface area (Å²) in [5.74, 6) is 1.77. The van der Waals surface area contributed by atoms with Crippen LogP contribution in [0.5, 0.6) is 11.5 Å². The SMILES string of the molecule is CCOC(=O)C1=C(c2ccccc2)N=c2s/c(=C/c3cc(Br)c(N4CCCCC4)o3)c(=O)n2[C@H]1c1ccc(OC)c(OC)c1. The van der Waals surface area contributed by atoms with Gasteiger partial charge in [-0.05, 0) is 59.8 Å². The van der Waals surface area contributed by atoms with Crippen LogP contribution >= 0.6 is 27.3 Å². The topological polar surface area (TPSA) is 95.5 Å². The third-order valence-electron chi connectivity index (χ3n) is 7.70. The first-order valence-electron chi connectivity index (χ1n) is 14.5. The predicted octanol–water partition coefficient (Wildman–Crippen LogP) is 5.30. The molecule has 9 nitrogen and oxygen atoms in total. The van der Waals surface area contributed by atoms with E-state index in [4.69, 9.17) is 23.6 Å². The number of furan rings is 1. The summed E-state index contributed by atoms with van der Waals surface area (Å²) >= 11 is 4.89. The predicted molar refractivity (Wildman–Crippen MR) is 173 cm³/mol. The van der Waals surface area contributed by atoms with Crippen molar-refractivity contribution in [1.29, 1.82) is 0 Å². The molecule has 6 rings (SSSR count). The van der Waals surface area contributed by atoms with Crippen molar-refractivity contribution in [2.24, 2.45) is 4.99 Å². The molecule has 1 fully saturated rings. The smallest absolute Gasteiger partial charge is 0.338 e. The minimum atomic E-state index is -0.838. The summed E-state index contributed by atoms with van der Waals surface area (Å²) in [7, 11) is 3.10. The van der Waals surface area contributed by atoms with Gasteiger partial charge >= 0.3 is 5.97 Å². The van der Waals surface area contributed by atoms with Crippen molar-refractivity contribution < 1.29 is 23.4 Å². The first kappa shape index (κ1) is 30.0. The third kappa shape index (κ3) is 5.61. The normalized spacial score (nSPS) is 16.9. The number of halogens is 1. The zero-order valence-corrected chi connectivity index (χ0v) is 27.1. The van der Waals surface area contributed by atoms with Crippen LogP contribution in [0.2, 0.25) is 0 Å². The molecule has 0 bridgehead atoms. The maximum atomic E-state index is 14.2. The van der Waals surface area contributed by atoms with Crippen molar-refractivity contribution in [2.75, 3.05) is 38.8 Å². The molecule has 0 spiro atoms. The summed E-state index contributed by atoms with van der Waals surface area (Å²) in [6, 6.07) is 15.9. The summed E-state index contributed by atoms with van der Waals surface area (Å²) in [6.45, 7) is 3.77. The highest BCUT2D eigenvalue weighted by atomic mass is 79.9. The van der Waals surface area contributed by atoms with Crippen LogP contribution in [0.1, 0.15) is 49.1 Å². The lowest BCUT2D eigenvalue weighted by molar-refractivity contribution is -0.138. The standard InChI is InChI=1S/C33H32BrN3O6S/c1-4-42-32(39)27-28(20-11-7-5-8-12-20)35-33-37(29(27)21-13-14-24(40-2)25(17-21)41-3)30(38)26(44-33)19-22-18-23(34)31(43-22)36-15-9-6-10-16-36/h5,7-8,11-14,17-19,29H,4,6,9-10,15-16H2,1-3H3/b26-19+/t29-/m0/s1. The molecular formula is C33H32BrN3O6S. The number of fused-ring (bicyclic) bond motifs is 1. The van der Waals surface area contributed by atoms with Crippen molar-refractivity contribution in [1.82, 2.24) is 4.57 Å². The molecule has 0 unspecified atom stereocenters. The summed E-state index contributed by atoms with van der Waals surface area (Å²) < 4.78 is 25.7. The van der Waals surface area contributed by atoms with Gasteiger partial charge < -0.3 is 23.5 Å². The molecule has 228 valence electrons. The number of hydrogen-bond acceptors (Lipinski definition) is 9. The molecule has 2 aliphatic heterocycles. The number of hydrogen-bond donors (Lipinski definition) is 0. The number of carbonyl (C=O) groups is 1. The lowest BCUT2D eigenvalue weighted by Gasteiger charge is -2.26. The Bertz CT molecular complexity index is 1900. The minimum absolute atomic E-state index is 0.167. The Kier molecular flexibility index (Phi) is 8.76. The molecule has 2 aliphatic rings. The van der Waals surface area contributed by atoms with Gasteiger partial charge in [-0.2, -0.15) is 0 Å². The second-order valence-electron chi connectivity index (χ2n) is 10.4. The molecule has 0 saturated carbocycles. The van der Waals surface area contributed by atoms with E-state index in [1.807, 2.05) is 42.5 Å². The van der Waals surface area contributed by atoms with E-state index in [1.54, 1.807) is 43.9 Å². The Morgan fingerprint density at radius 2 is 1.82 bits per heavy atom. The van der Waals surface area contributed by atoms with Crippen LogP contribution in [0.4, 0.5) is 5.88 Å². The van der Waals surface area contributed by atoms with Crippen molar-refractivity contribution in [3.8, 4) is 11.5 Å². The van der Waals surface area contributed by atoms with Crippen LogP contribution in [0.25, 0.3) is 11.8 Å². The van der Waals surface area contributed by atoms with Crippen LogP contribution in [-0.4, -0.2) is 44.5 Å². The van der Waals surface area contributed by atoms with Crippen LogP contribution in [-0.2, 0) is 9.53 Å². The van der Waals surface area contributed by atoms with Gasteiger partial charge in [0, 0.05) is 30.8 Å². The van der Waals surface area contributed by atoms with E-state index in [2.05, 4.69) is 20.8 Å². The molecule has 4 aromatic rings. The van der Waals surface area contributed by atoms with Gasteiger partial charge in [-0.1, -0.05) is 47.7 Å². The van der Waals surface area contributed by atoms with Crippen molar-refractivity contribution in [2.45, 2.75) is 32.2 Å². The van der Waals surface area contributed by atoms with E-state index in [9.17, 15) is 9.59 Å². The molecule has 0 aliphatic carbocycles. The second kappa shape index (κ2) is 12.9. The molecule has 11 heteroatoms. The number of aromatic nitrogens is 1. The highest BCUT2D eigenvalue weighted by molar-refractivity contribution is 9.10. The van der Waals surface area contributed by atoms with Gasteiger partial charge in [0.15, 0.2) is 16.3 Å². The summed E-state index contributed by atoms with van der Waals surface area (Å²) in [5.41, 5.74) is 1.80. The van der Waals surface area contributed by atoms with Gasteiger partial charge in [-0.25, -0.2) is 9.79 Å². The Morgan fingerprint density at radius 1 is 1.07 bits per heavy atom. The van der Waals surface area contributed by atoms with Crippen LogP contribution in [0.15, 0.2) is 78.8 Å². The lowest BCUT2D eigenvalue weighted by atomic mass is 9.93. The summed E-state index contributed by atoms with van der Waals surface area (Å²) in [4.78, 5) is 35.5. The molecule has 2 aromatic carbocycles. The zero-order chi connectivity index (χ0) is 30.8. The van der Waals surface area contributed by atoms with Gasteiger partial charge in [0.05, 0.1) is 47.1 Å². The lowest BCUT2D eigenvalue weighted by Crippen LogP contribution is -2.40. The van der Waals surface area contributed by atoms with E-state index < -0.39 is 12.0 Å². The Balaban J connectivity index is 1.57. The van der Waals surface area contributed by atoms with E-state index >= 15 is 0 Å². The maximum Gasteiger partial charge on any atom is 0.338 e. The zero-order valence-electron chi connectivity index (χ0n) is 24.7. The number of benzene rings is 2. The van der Waals surface area contributed by atoms with Crippen LogP contribution in [0, 0.1) is 0 Å². The molecular weight excluding hydrogens is 646 g/mol. The molecule has 0 radical (unpaired) electrons. The van der Waals surface area contributed by atoms with Gasteiger partial charge in [0.1, 0.15) is 5.76 Å². The number of esters is 1. The number of thiazole rings is 1. The number of anilines is 1. The van der Waals surface area contributed by atoms with Crippen LogP contribution in [0.3, 0.4) is 0 Å². The Labute approximate surface area is 266 Å². The number of piperidine rings is 1. The maximum absolute atomic E-state index is 14.2. The number of ether oxygens (including phenoxy) is 3. The first-order valence-corrected chi connectivity index (χ1v) is 16.1. The summed E-state index contributed by atoms with van der Waals surface area (Å²) in [5, 5.41) is 0. The first-order chi connectivity index (χ1) is 21.4. The fourth-order valence-corrected chi connectivity index (χ4v) is 7.21. The number of nitrogens with zero attached hydrogens (tertiary/aromatic N) is 3. The highest BCUT2D eigenvalue weighted by Crippen LogP contribution is 2.38. The molecule has 4 heterocycles. The number of carbonyl (C=O) groups excluding carboxylic acids is 1. The number of rotatable bonds is 8. The Hall–Kier alpha value is -4.09. The molecule has 1 atom stereocenters. The molecule has 1 saturated heterocycles. The van der Waals surface area contributed by atoms with Gasteiger partial charge in [0.25, 0.3) is 5.56 Å². The average Bonchev–Trinajstić information content (AvgIpc) is 3.58.